The molecule has 5 nitrogen and oxygen atoms in total. The first-order chi connectivity index (χ1) is 13.7. The molecular formula is C21H26Cl2N2O3. The maximum Gasteiger partial charge on any atom is 0.180 e. The van der Waals surface area contributed by atoms with E-state index in [2.05, 4.69) is 10.2 Å². The molecule has 152 valence electrons. The standard InChI is InChI=1S/C21H26Cl2N2O3/c1-26-20-13-17(14-24-5-6-25-7-9-27-10-8-25)12-19(23)21(20)28-15-16-3-2-4-18(22)11-16/h2-4,11-13,24H,5-10,14-15H2,1H3. The maximum absolute atomic E-state index is 6.46. The highest BCUT2D eigenvalue weighted by Gasteiger charge is 2.13. The first kappa shape index (κ1) is 21.2. The summed E-state index contributed by atoms with van der Waals surface area (Å²) in [6, 6.07) is 11.4. The van der Waals surface area contributed by atoms with E-state index >= 15 is 0 Å². The molecular weight excluding hydrogens is 399 g/mol. The fourth-order valence-electron chi connectivity index (χ4n) is 3.09. The first-order valence-electron chi connectivity index (χ1n) is 9.40. The lowest BCUT2D eigenvalue weighted by atomic mass is 10.2. The van der Waals surface area contributed by atoms with Crippen molar-refractivity contribution >= 4 is 23.2 Å². The van der Waals surface area contributed by atoms with Crippen LogP contribution in [0.25, 0.3) is 0 Å². The average Bonchev–Trinajstić information content (AvgIpc) is 2.71. The highest BCUT2D eigenvalue weighted by atomic mass is 35.5. The fourth-order valence-corrected chi connectivity index (χ4v) is 3.59. The molecule has 0 spiro atoms. The monoisotopic (exact) mass is 424 g/mol. The predicted octanol–water partition coefficient (Wildman–Crippen LogP) is 4.00. The van der Waals surface area contributed by atoms with Crippen molar-refractivity contribution < 1.29 is 14.2 Å². The van der Waals surface area contributed by atoms with Crippen molar-refractivity contribution in [3.05, 3.63) is 57.6 Å². The number of hydrogen-bond acceptors (Lipinski definition) is 5. The molecule has 0 radical (unpaired) electrons. The predicted molar refractivity (Wildman–Crippen MR) is 113 cm³/mol. The van der Waals surface area contributed by atoms with Crippen LogP contribution in [0.1, 0.15) is 11.1 Å². The third kappa shape index (κ3) is 6.26. The van der Waals surface area contributed by atoms with Gasteiger partial charge >= 0.3 is 0 Å². The molecule has 1 N–H and O–H groups in total. The van der Waals surface area contributed by atoms with Crippen molar-refractivity contribution in [2.45, 2.75) is 13.2 Å². The third-order valence-electron chi connectivity index (χ3n) is 4.60. The molecule has 3 rings (SSSR count). The minimum absolute atomic E-state index is 0.369. The molecule has 0 aliphatic carbocycles. The van der Waals surface area contributed by atoms with E-state index in [4.69, 9.17) is 37.4 Å². The molecule has 0 aromatic heterocycles. The molecule has 28 heavy (non-hydrogen) atoms. The Balaban J connectivity index is 1.54. The Bertz CT molecular complexity index is 767. The average molecular weight is 425 g/mol. The number of ether oxygens (including phenoxy) is 3. The molecule has 2 aromatic rings. The summed E-state index contributed by atoms with van der Waals surface area (Å²) in [5, 5.41) is 4.67. The second-order valence-electron chi connectivity index (χ2n) is 6.66. The number of methoxy groups -OCH3 is 1. The van der Waals surface area contributed by atoms with Gasteiger partial charge in [-0.2, -0.15) is 0 Å². The van der Waals surface area contributed by atoms with Crippen LogP contribution < -0.4 is 14.8 Å². The zero-order valence-electron chi connectivity index (χ0n) is 16.0. The Labute approximate surface area is 176 Å². The van der Waals surface area contributed by atoms with E-state index in [1.807, 2.05) is 36.4 Å². The van der Waals surface area contributed by atoms with Gasteiger partial charge in [0.15, 0.2) is 11.5 Å². The van der Waals surface area contributed by atoms with Crippen molar-refractivity contribution in [1.29, 1.82) is 0 Å². The van der Waals surface area contributed by atoms with Crippen molar-refractivity contribution in [2.75, 3.05) is 46.5 Å². The Morgan fingerprint density at radius 1 is 1.11 bits per heavy atom. The highest BCUT2D eigenvalue weighted by molar-refractivity contribution is 6.32. The number of halogens is 2. The largest absolute Gasteiger partial charge is 0.493 e. The van der Waals surface area contributed by atoms with Crippen LogP contribution in [0.5, 0.6) is 11.5 Å². The van der Waals surface area contributed by atoms with Crippen LogP contribution in [0.3, 0.4) is 0 Å². The molecule has 7 heteroatoms. The van der Waals surface area contributed by atoms with Gasteiger partial charge in [0.1, 0.15) is 6.61 Å². The van der Waals surface area contributed by atoms with Crippen LogP contribution in [-0.2, 0) is 17.9 Å². The van der Waals surface area contributed by atoms with Crippen LogP contribution in [0.2, 0.25) is 10.0 Å². The Hall–Kier alpha value is -1.50. The summed E-state index contributed by atoms with van der Waals surface area (Å²) >= 11 is 12.5. The molecule has 1 fully saturated rings. The van der Waals surface area contributed by atoms with Gasteiger partial charge in [0.05, 0.1) is 25.3 Å². The number of morpholine rings is 1. The van der Waals surface area contributed by atoms with E-state index < -0.39 is 0 Å². The van der Waals surface area contributed by atoms with Gasteiger partial charge in [-0.25, -0.2) is 0 Å². The normalized spacial score (nSPS) is 14.8. The van der Waals surface area contributed by atoms with Gasteiger partial charge in [0.25, 0.3) is 0 Å². The van der Waals surface area contributed by atoms with Crippen molar-refractivity contribution in [3.8, 4) is 11.5 Å². The molecule has 1 aliphatic heterocycles. The van der Waals surface area contributed by atoms with E-state index in [0.29, 0.717) is 28.2 Å². The summed E-state index contributed by atoms with van der Waals surface area (Å²) in [4.78, 5) is 2.40. The van der Waals surface area contributed by atoms with Crippen molar-refractivity contribution in [2.24, 2.45) is 0 Å². The topological polar surface area (TPSA) is 43.0 Å². The zero-order valence-corrected chi connectivity index (χ0v) is 17.6. The quantitative estimate of drug-likeness (QED) is 0.616. The minimum Gasteiger partial charge on any atom is -0.493 e. The lowest BCUT2D eigenvalue weighted by Gasteiger charge is -2.26. The first-order valence-corrected chi connectivity index (χ1v) is 10.2. The van der Waals surface area contributed by atoms with Crippen molar-refractivity contribution in [1.82, 2.24) is 10.2 Å². The van der Waals surface area contributed by atoms with E-state index in [1.165, 1.54) is 0 Å². The van der Waals surface area contributed by atoms with Gasteiger partial charge in [-0.1, -0.05) is 35.3 Å². The van der Waals surface area contributed by atoms with Crippen molar-refractivity contribution in [3.63, 3.8) is 0 Å². The van der Waals surface area contributed by atoms with E-state index in [1.54, 1.807) is 7.11 Å². The Morgan fingerprint density at radius 2 is 1.93 bits per heavy atom. The van der Waals surface area contributed by atoms with Crippen LogP contribution in [0, 0.1) is 0 Å². The van der Waals surface area contributed by atoms with E-state index in [-0.39, 0.29) is 0 Å². The van der Waals surface area contributed by atoms with Gasteiger partial charge in [-0.3, -0.25) is 4.90 Å². The second kappa shape index (κ2) is 10.9. The van der Waals surface area contributed by atoms with Crippen LogP contribution in [0.15, 0.2) is 36.4 Å². The lowest BCUT2D eigenvalue weighted by Crippen LogP contribution is -2.40. The van der Waals surface area contributed by atoms with Gasteiger partial charge in [0.2, 0.25) is 0 Å². The number of rotatable bonds is 9. The maximum atomic E-state index is 6.46. The molecule has 2 aromatic carbocycles. The van der Waals surface area contributed by atoms with E-state index in [9.17, 15) is 0 Å². The third-order valence-corrected chi connectivity index (χ3v) is 5.11. The second-order valence-corrected chi connectivity index (χ2v) is 7.50. The van der Waals surface area contributed by atoms with Gasteiger partial charge in [0, 0.05) is 37.7 Å². The molecule has 0 unspecified atom stereocenters. The van der Waals surface area contributed by atoms with E-state index in [0.717, 1.165) is 57.1 Å². The summed E-state index contributed by atoms with van der Waals surface area (Å²) in [5.41, 5.74) is 2.03. The zero-order chi connectivity index (χ0) is 19.8. The number of nitrogens with zero attached hydrogens (tertiary/aromatic N) is 1. The molecule has 0 bridgehead atoms. The molecule has 1 aliphatic rings. The summed E-state index contributed by atoms with van der Waals surface area (Å²) < 4.78 is 16.8. The number of nitrogens with one attached hydrogen (secondary N) is 1. The highest BCUT2D eigenvalue weighted by Crippen LogP contribution is 2.37. The summed E-state index contributed by atoms with van der Waals surface area (Å²) in [5.74, 6) is 1.17. The number of hydrogen-bond donors (Lipinski definition) is 1. The van der Waals surface area contributed by atoms with Crippen LogP contribution >= 0.6 is 23.2 Å². The number of benzene rings is 2. The van der Waals surface area contributed by atoms with Crippen LogP contribution in [-0.4, -0.2) is 51.4 Å². The summed E-state index contributed by atoms with van der Waals surface area (Å²) in [7, 11) is 1.62. The molecule has 1 heterocycles. The summed E-state index contributed by atoms with van der Waals surface area (Å²) in [6.45, 7) is 6.65. The minimum atomic E-state index is 0.369. The van der Waals surface area contributed by atoms with Gasteiger partial charge < -0.3 is 19.5 Å². The molecule has 0 atom stereocenters. The lowest BCUT2D eigenvalue weighted by molar-refractivity contribution is 0.0384. The van der Waals surface area contributed by atoms with Gasteiger partial charge in [-0.15, -0.1) is 0 Å². The molecule has 0 saturated carbocycles. The Morgan fingerprint density at radius 3 is 2.68 bits per heavy atom. The SMILES string of the molecule is COc1cc(CNCCN2CCOCC2)cc(Cl)c1OCc1cccc(Cl)c1. The Kier molecular flexibility index (Phi) is 8.25. The molecule has 1 saturated heterocycles. The van der Waals surface area contributed by atoms with Crippen LogP contribution in [0.4, 0.5) is 0 Å². The fraction of sp³-hybridized carbons (Fsp3) is 0.429. The smallest absolute Gasteiger partial charge is 0.180 e. The molecule has 0 amide bonds. The summed E-state index contributed by atoms with van der Waals surface area (Å²) in [6.07, 6.45) is 0. The van der Waals surface area contributed by atoms with Gasteiger partial charge in [-0.05, 0) is 35.4 Å².